The van der Waals surface area contributed by atoms with E-state index in [-0.39, 0.29) is 18.5 Å². The van der Waals surface area contributed by atoms with Crippen LogP contribution in [-0.2, 0) is 26.2 Å². The normalized spacial score (nSPS) is 13.1. The maximum Gasteiger partial charge on any atom is 0.244 e. The van der Waals surface area contributed by atoms with Crippen LogP contribution in [0.5, 0.6) is 0 Å². The van der Waals surface area contributed by atoms with Crippen LogP contribution >= 0.6 is 15.9 Å². The van der Waals surface area contributed by atoms with Crippen LogP contribution in [0.2, 0.25) is 0 Å². The fraction of sp³-hybridized carbons (Fsp3) is 0.333. The van der Waals surface area contributed by atoms with Crippen LogP contribution in [0.1, 0.15) is 32.8 Å². The molecule has 1 N–H and O–H groups in total. The van der Waals surface area contributed by atoms with Gasteiger partial charge < -0.3 is 10.2 Å². The largest absolute Gasteiger partial charge is 0.352 e. The van der Waals surface area contributed by atoms with E-state index in [2.05, 4.69) is 21.2 Å². The molecule has 0 heterocycles. The number of fused-ring (bicyclic) bond motifs is 1. The summed E-state index contributed by atoms with van der Waals surface area (Å²) in [5, 5.41) is 4.51. The van der Waals surface area contributed by atoms with Gasteiger partial charge in [0.25, 0.3) is 0 Å². The molecule has 0 aliphatic heterocycles. The Morgan fingerprint density at radius 1 is 1.00 bits per heavy atom. The Morgan fingerprint density at radius 3 is 2.33 bits per heavy atom. The number of carbonyl (C=O) groups excluding carboxylic acids is 2. The topological polar surface area (TPSA) is 86.8 Å². The van der Waals surface area contributed by atoms with Crippen molar-refractivity contribution >= 4 is 54.2 Å². The highest BCUT2D eigenvalue weighted by atomic mass is 79.9. The Hall–Kier alpha value is -2.91. The molecule has 0 saturated heterocycles. The van der Waals surface area contributed by atoms with Crippen molar-refractivity contribution in [3.05, 3.63) is 76.8 Å². The second kappa shape index (κ2) is 11.9. The summed E-state index contributed by atoms with van der Waals surface area (Å²) in [6.07, 6.45) is 1.83. The maximum absolute atomic E-state index is 13.7. The molecule has 0 aliphatic rings. The van der Waals surface area contributed by atoms with Crippen molar-refractivity contribution in [3.8, 4) is 0 Å². The molecule has 0 radical (unpaired) electrons. The zero-order valence-corrected chi connectivity index (χ0v) is 23.3. The number of rotatable bonds is 10. The molecule has 2 amide bonds. The molecular formula is C27H32BrN3O4S. The third-order valence-corrected chi connectivity index (χ3v) is 7.74. The minimum absolute atomic E-state index is 0.0500. The molecule has 0 bridgehead atoms. The zero-order valence-electron chi connectivity index (χ0n) is 20.9. The number of hydrogen-bond acceptors (Lipinski definition) is 4. The molecule has 0 aliphatic carbocycles. The monoisotopic (exact) mass is 573 g/mol. The lowest BCUT2D eigenvalue weighted by Crippen LogP contribution is -2.52. The number of benzene rings is 3. The SMILES string of the molecule is CC[C@H](C)NC(=O)[C@@H](C)N(Cc1cccc(Br)c1)C(=O)CN(c1cccc2ccccc12)S(C)(=O)=O. The van der Waals surface area contributed by atoms with E-state index in [1.54, 1.807) is 19.1 Å². The molecule has 192 valence electrons. The molecule has 36 heavy (non-hydrogen) atoms. The van der Waals surface area contributed by atoms with Crippen molar-refractivity contribution in [3.63, 3.8) is 0 Å². The Labute approximate surface area is 221 Å². The summed E-state index contributed by atoms with van der Waals surface area (Å²) in [5.74, 6) is -0.760. The van der Waals surface area contributed by atoms with Gasteiger partial charge in [-0.1, -0.05) is 71.4 Å². The van der Waals surface area contributed by atoms with Gasteiger partial charge in [-0.2, -0.15) is 0 Å². The maximum atomic E-state index is 13.7. The van der Waals surface area contributed by atoms with E-state index in [1.807, 2.05) is 68.4 Å². The van der Waals surface area contributed by atoms with Crippen molar-refractivity contribution in [1.82, 2.24) is 10.2 Å². The van der Waals surface area contributed by atoms with Crippen LogP contribution < -0.4 is 9.62 Å². The molecule has 0 unspecified atom stereocenters. The Bertz CT molecular complexity index is 1340. The summed E-state index contributed by atoms with van der Waals surface area (Å²) in [6, 6.07) is 19.4. The van der Waals surface area contributed by atoms with Crippen molar-refractivity contribution in [1.29, 1.82) is 0 Å². The van der Waals surface area contributed by atoms with E-state index < -0.39 is 28.5 Å². The summed E-state index contributed by atoms with van der Waals surface area (Å²) in [5.41, 5.74) is 1.24. The molecule has 3 rings (SSSR count). The summed E-state index contributed by atoms with van der Waals surface area (Å²) in [6.45, 7) is 5.25. The third-order valence-electron chi connectivity index (χ3n) is 6.12. The van der Waals surface area contributed by atoms with Gasteiger partial charge in [0, 0.05) is 22.4 Å². The van der Waals surface area contributed by atoms with Gasteiger partial charge in [0.05, 0.1) is 11.9 Å². The van der Waals surface area contributed by atoms with Crippen LogP contribution in [0, 0.1) is 0 Å². The van der Waals surface area contributed by atoms with Crippen LogP contribution in [0.3, 0.4) is 0 Å². The fourth-order valence-electron chi connectivity index (χ4n) is 3.90. The first-order chi connectivity index (χ1) is 17.0. The molecule has 3 aromatic rings. The molecule has 2 atom stereocenters. The number of nitrogens with zero attached hydrogens (tertiary/aromatic N) is 2. The first-order valence-electron chi connectivity index (χ1n) is 11.8. The van der Waals surface area contributed by atoms with Gasteiger partial charge in [-0.3, -0.25) is 13.9 Å². The van der Waals surface area contributed by atoms with Gasteiger partial charge in [0.1, 0.15) is 12.6 Å². The molecule has 0 fully saturated rings. The van der Waals surface area contributed by atoms with Crippen LogP contribution in [-0.4, -0.2) is 50.0 Å². The van der Waals surface area contributed by atoms with Gasteiger partial charge >= 0.3 is 0 Å². The number of amides is 2. The van der Waals surface area contributed by atoms with Crippen molar-refractivity contribution < 1.29 is 18.0 Å². The lowest BCUT2D eigenvalue weighted by Gasteiger charge is -2.32. The molecular weight excluding hydrogens is 542 g/mol. The quantitative estimate of drug-likeness (QED) is 0.381. The second-order valence-corrected chi connectivity index (χ2v) is 11.7. The van der Waals surface area contributed by atoms with Gasteiger partial charge in [0.2, 0.25) is 21.8 Å². The summed E-state index contributed by atoms with van der Waals surface area (Å²) in [7, 11) is -3.81. The smallest absolute Gasteiger partial charge is 0.244 e. The molecule has 3 aromatic carbocycles. The summed E-state index contributed by atoms with van der Waals surface area (Å²) in [4.78, 5) is 28.2. The second-order valence-electron chi connectivity index (χ2n) is 8.91. The lowest BCUT2D eigenvalue weighted by molar-refractivity contribution is -0.139. The van der Waals surface area contributed by atoms with E-state index in [0.29, 0.717) is 5.69 Å². The third kappa shape index (κ3) is 6.85. The number of hydrogen-bond donors (Lipinski definition) is 1. The van der Waals surface area contributed by atoms with Crippen LogP contribution in [0.25, 0.3) is 10.8 Å². The first kappa shape index (κ1) is 27.7. The highest BCUT2D eigenvalue weighted by molar-refractivity contribution is 9.10. The van der Waals surface area contributed by atoms with E-state index >= 15 is 0 Å². The molecule has 0 aromatic heterocycles. The van der Waals surface area contributed by atoms with Crippen LogP contribution in [0.4, 0.5) is 5.69 Å². The average molecular weight is 575 g/mol. The first-order valence-corrected chi connectivity index (χ1v) is 14.4. The molecule has 7 nitrogen and oxygen atoms in total. The van der Waals surface area contributed by atoms with E-state index in [9.17, 15) is 18.0 Å². The molecule has 0 spiro atoms. The van der Waals surface area contributed by atoms with Gasteiger partial charge in [-0.05, 0) is 49.4 Å². The number of nitrogens with one attached hydrogen (secondary N) is 1. The number of halogens is 1. The number of anilines is 1. The lowest BCUT2D eigenvalue weighted by atomic mass is 10.1. The zero-order chi connectivity index (χ0) is 26.5. The Morgan fingerprint density at radius 2 is 1.67 bits per heavy atom. The van der Waals surface area contributed by atoms with Gasteiger partial charge in [-0.15, -0.1) is 0 Å². The average Bonchev–Trinajstić information content (AvgIpc) is 2.84. The Kier molecular flexibility index (Phi) is 9.13. The number of sulfonamides is 1. The molecule has 0 saturated carbocycles. The van der Waals surface area contributed by atoms with E-state index in [1.165, 1.54) is 4.90 Å². The van der Waals surface area contributed by atoms with Crippen LogP contribution in [0.15, 0.2) is 71.2 Å². The van der Waals surface area contributed by atoms with Crippen molar-refractivity contribution in [2.24, 2.45) is 0 Å². The summed E-state index contributed by atoms with van der Waals surface area (Å²) < 4.78 is 27.7. The van der Waals surface area contributed by atoms with Gasteiger partial charge in [0.15, 0.2) is 0 Å². The Balaban J connectivity index is 1.99. The minimum Gasteiger partial charge on any atom is -0.352 e. The van der Waals surface area contributed by atoms with Crippen molar-refractivity contribution in [2.75, 3.05) is 17.1 Å². The highest BCUT2D eigenvalue weighted by Crippen LogP contribution is 2.28. The number of carbonyl (C=O) groups is 2. The van der Waals surface area contributed by atoms with E-state index in [4.69, 9.17) is 0 Å². The van der Waals surface area contributed by atoms with E-state index in [0.717, 1.165) is 37.8 Å². The standard InChI is InChI=1S/C27H32BrN3O4S/c1-5-19(2)29-27(33)20(3)30(17-21-10-8-13-23(28)16-21)26(32)18-31(36(4,34)35)25-15-9-12-22-11-6-7-14-24(22)25/h6-16,19-20H,5,17-18H2,1-4H3,(H,29,33)/t19-,20+/m0/s1. The molecule has 9 heteroatoms. The van der Waals surface area contributed by atoms with Gasteiger partial charge in [-0.25, -0.2) is 8.42 Å². The predicted octanol–water partition coefficient (Wildman–Crippen LogP) is 4.70. The fourth-order valence-corrected chi connectivity index (χ4v) is 5.21. The minimum atomic E-state index is -3.81. The highest BCUT2D eigenvalue weighted by Gasteiger charge is 2.31. The van der Waals surface area contributed by atoms with Crippen molar-refractivity contribution in [2.45, 2.75) is 45.8 Å². The summed E-state index contributed by atoms with van der Waals surface area (Å²) >= 11 is 3.45. The predicted molar refractivity (Wildman–Crippen MR) is 148 cm³/mol.